The molecule has 112 valence electrons. The minimum Gasteiger partial charge on any atom is -0.491 e. The number of hydrogen-bond acceptors (Lipinski definition) is 3. The molecule has 0 spiro atoms. The van der Waals surface area contributed by atoms with E-state index in [2.05, 4.69) is 6.92 Å². The Morgan fingerprint density at radius 1 is 1.20 bits per heavy atom. The summed E-state index contributed by atoms with van der Waals surface area (Å²) in [6, 6.07) is 5.21. The molecule has 0 bridgehead atoms. The van der Waals surface area contributed by atoms with Crippen molar-refractivity contribution in [2.24, 2.45) is 0 Å². The summed E-state index contributed by atoms with van der Waals surface area (Å²) >= 11 is 0. The maximum Gasteiger partial charge on any atom is 0.253 e. The minimum atomic E-state index is -0.0529. The van der Waals surface area contributed by atoms with E-state index in [0.717, 1.165) is 6.42 Å². The van der Waals surface area contributed by atoms with Crippen molar-refractivity contribution < 1.29 is 9.53 Å². The van der Waals surface area contributed by atoms with Gasteiger partial charge in [-0.3, -0.25) is 4.79 Å². The lowest BCUT2D eigenvalue weighted by molar-refractivity contribution is 0.0827. The van der Waals surface area contributed by atoms with Crippen molar-refractivity contribution in [2.75, 3.05) is 26.4 Å². The Morgan fingerprint density at radius 3 is 2.50 bits per heavy atom. The maximum absolute atomic E-state index is 11.8. The molecule has 0 fully saturated rings. The van der Waals surface area contributed by atoms with E-state index < -0.39 is 0 Å². The molecule has 0 atom stereocenters. The van der Waals surface area contributed by atoms with Gasteiger partial charge in [-0.1, -0.05) is 32.6 Å². The van der Waals surface area contributed by atoms with Gasteiger partial charge in [0.15, 0.2) is 0 Å². The topological polar surface area (TPSA) is 55.6 Å². The maximum atomic E-state index is 11.8. The summed E-state index contributed by atoms with van der Waals surface area (Å²) in [5.41, 5.74) is 7.03. The van der Waals surface area contributed by atoms with Crippen LogP contribution in [0.4, 0.5) is 5.69 Å². The van der Waals surface area contributed by atoms with E-state index in [4.69, 9.17) is 10.5 Å². The van der Waals surface area contributed by atoms with Crippen LogP contribution in [0.2, 0.25) is 0 Å². The van der Waals surface area contributed by atoms with Gasteiger partial charge in [0.25, 0.3) is 5.91 Å². The first-order valence-electron chi connectivity index (χ1n) is 7.30. The number of benzene rings is 1. The van der Waals surface area contributed by atoms with Crippen molar-refractivity contribution in [3.05, 3.63) is 23.8 Å². The zero-order chi connectivity index (χ0) is 15.0. The molecule has 0 aliphatic rings. The molecule has 1 aromatic rings. The molecule has 0 radical (unpaired) electrons. The number of carbonyl (C=O) groups excluding carboxylic acids is 1. The van der Waals surface area contributed by atoms with Crippen LogP contribution < -0.4 is 10.5 Å². The van der Waals surface area contributed by atoms with E-state index in [9.17, 15) is 4.79 Å². The van der Waals surface area contributed by atoms with Crippen LogP contribution in [0.1, 0.15) is 49.4 Å². The highest BCUT2D eigenvalue weighted by molar-refractivity contribution is 5.95. The second-order valence-electron chi connectivity index (χ2n) is 5.21. The number of nitrogen functional groups attached to an aromatic ring is 1. The number of hydrogen-bond donors (Lipinski definition) is 1. The second-order valence-corrected chi connectivity index (χ2v) is 5.21. The summed E-state index contributed by atoms with van der Waals surface area (Å²) in [5, 5.41) is 0. The molecule has 4 heteroatoms. The molecule has 2 N–H and O–H groups in total. The van der Waals surface area contributed by atoms with Gasteiger partial charge in [0.1, 0.15) is 5.75 Å². The van der Waals surface area contributed by atoms with Gasteiger partial charge in [0, 0.05) is 19.7 Å². The molecule has 1 amide bonds. The second kappa shape index (κ2) is 8.46. The number of carbonyl (C=O) groups is 1. The third kappa shape index (κ3) is 5.11. The number of nitrogens with two attached hydrogens (primary N) is 1. The average molecular weight is 278 g/mol. The fourth-order valence-corrected chi connectivity index (χ4v) is 1.96. The highest BCUT2D eigenvalue weighted by Gasteiger charge is 2.10. The fourth-order valence-electron chi connectivity index (χ4n) is 1.96. The number of rotatable bonds is 8. The first-order valence-corrected chi connectivity index (χ1v) is 7.30. The third-order valence-electron chi connectivity index (χ3n) is 3.17. The highest BCUT2D eigenvalue weighted by Crippen LogP contribution is 2.23. The molecule has 0 aliphatic heterocycles. The SMILES string of the molecule is CCCCCCCOc1ccc(C(=O)N(C)C)cc1N. The Bertz CT molecular complexity index is 430. The fraction of sp³-hybridized carbons (Fsp3) is 0.562. The first kappa shape index (κ1) is 16.3. The summed E-state index contributed by atoms with van der Waals surface area (Å²) in [4.78, 5) is 13.3. The Balaban J connectivity index is 2.46. The quantitative estimate of drug-likeness (QED) is 0.586. The molecule has 0 saturated heterocycles. The Hall–Kier alpha value is -1.71. The monoisotopic (exact) mass is 278 g/mol. The number of unbranched alkanes of at least 4 members (excludes halogenated alkanes) is 4. The van der Waals surface area contributed by atoms with Gasteiger partial charge < -0.3 is 15.4 Å². The molecule has 0 heterocycles. The van der Waals surface area contributed by atoms with Crippen LogP contribution in [0.3, 0.4) is 0 Å². The molecule has 20 heavy (non-hydrogen) atoms. The molecule has 0 aromatic heterocycles. The normalized spacial score (nSPS) is 10.3. The van der Waals surface area contributed by atoms with E-state index in [-0.39, 0.29) is 5.91 Å². The van der Waals surface area contributed by atoms with Crippen LogP contribution >= 0.6 is 0 Å². The van der Waals surface area contributed by atoms with Crippen LogP contribution in [0.25, 0.3) is 0 Å². The molecule has 1 aromatic carbocycles. The van der Waals surface area contributed by atoms with Crippen molar-refractivity contribution in [1.82, 2.24) is 4.90 Å². The largest absolute Gasteiger partial charge is 0.491 e. The van der Waals surface area contributed by atoms with Crippen LogP contribution in [-0.4, -0.2) is 31.5 Å². The summed E-state index contributed by atoms with van der Waals surface area (Å²) in [6.07, 6.45) is 6.01. The molecular formula is C16H26N2O2. The van der Waals surface area contributed by atoms with Gasteiger partial charge in [-0.2, -0.15) is 0 Å². The van der Waals surface area contributed by atoms with E-state index >= 15 is 0 Å². The molecule has 0 aliphatic carbocycles. The number of ether oxygens (including phenoxy) is 1. The standard InChI is InChI=1S/C16H26N2O2/c1-4-5-6-7-8-11-20-15-10-9-13(12-14(15)17)16(19)18(2)3/h9-10,12H,4-8,11,17H2,1-3H3. The lowest BCUT2D eigenvalue weighted by atomic mass is 10.1. The van der Waals surface area contributed by atoms with Crippen molar-refractivity contribution in [2.45, 2.75) is 39.0 Å². The molecule has 1 rings (SSSR count). The lowest BCUT2D eigenvalue weighted by Gasteiger charge is -2.13. The molecule has 0 saturated carbocycles. The zero-order valence-corrected chi connectivity index (χ0v) is 12.8. The zero-order valence-electron chi connectivity index (χ0n) is 12.8. The first-order chi connectivity index (χ1) is 9.56. The van der Waals surface area contributed by atoms with Crippen molar-refractivity contribution in [3.63, 3.8) is 0 Å². The predicted octanol–water partition coefficient (Wildman–Crippen LogP) is 3.32. The number of amides is 1. The van der Waals surface area contributed by atoms with Crippen molar-refractivity contribution in [1.29, 1.82) is 0 Å². The minimum absolute atomic E-state index is 0.0529. The van der Waals surface area contributed by atoms with E-state index in [0.29, 0.717) is 23.6 Å². The van der Waals surface area contributed by atoms with Crippen LogP contribution in [0.5, 0.6) is 5.75 Å². The summed E-state index contributed by atoms with van der Waals surface area (Å²) < 4.78 is 5.66. The van der Waals surface area contributed by atoms with E-state index in [1.165, 1.54) is 30.6 Å². The van der Waals surface area contributed by atoms with Crippen molar-refractivity contribution in [3.8, 4) is 5.75 Å². The van der Waals surface area contributed by atoms with Gasteiger partial charge in [-0.25, -0.2) is 0 Å². The lowest BCUT2D eigenvalue weighted by Crippen LogP contribution is -2.21. The average Bonchev–Trinajstić information content (AvgIpc) is 2.43. The summed E-state index contributed by atoms with van der Waals surface area (Å²) in [6.45, 7) is 2.88. The Kier molecular flexibility index (Phi) is 6.91. The Morgan fingerprint density at radius 2 is 1.90 bits per heavy atom. The van der Waals surface area contributed by atoms with Gasteiger partial charge >= 0.3 is 0 Å². The van der Waals surface area contributed by atoms with E-state index in [1.54, 1.807) is 32.3 Å². The molecular weight excluding hydrogens is 252 g/mol. The van der Waals surface area contributed by atoms with Crippen LogP contribution in [0.15, 0.2) is 18.2 Å². The smallest absolute Gasteiger partial charge is 0.253 e. The Labute approximate surface area is 121 Å². The highest BCUT2D eigenvalue weighted by atomic mass is 16.5. The predicted molar refractivity (Wildman–Crippen MR) is 83.1 cm³/mol. The van der Waals surface area contributed by atoms with E-state index in [1.807, 2.05) is 0 Å². The van der Waals surface area contributed by atoms with Gasteiger partial charge in [-0.05, 0) is 24.6 Å². The summed E-state index contributed by atoms with van der Waals surface area (Å²) in [5.74, 6) is 0.610. The molecule has 4 nitrogen and oxygen atoms in total. The van der Waals surface area contributed by atoms with Crippen molar-refractivity contribution >= 4 is 11.6 Å². The van der Waals surface area contributed by atoms with Crippen LogP contribution in [-0.2, 0) is 0 Å². The number of nitrogens with zero attached hydrogens (tertiary/aromatic N) is 1. The van der Waals surface area contributed by atoms with Gasteiger partial charge in [0.2, 0.25) is 0 Å². The number of anilines is 1. The molecule has 0 unspecified atom stereocenters. The third-order valence-corrected chi connectivity index (χ3v) is 3.17. The van der Waals surface area contributed by atoms with Gasteiger partial charge in [-0.15, -0.1) is 0 Å². The van der Waals surface area contributed by atoms with Gasteiger partial charge in [0.05, 0.1) is 12.3 Å². The summed E-state index contributed by atoms with van der Waals surface area (Å²) in [7, 11) is 3.44. The van der Waals surface area contributed by atoms with Crippen LogP contribution in [0, 0.1) is 0 Å².